The molecule has 0 unspecified atom stereocenters. The second-order valence-electron chi connectivity index (χ2n) is 3.69. The van der Waals surface area contributed by atoms with Gasteiger partial charge in [0.2, 0.25) is 0 Å². The van der Waals surface area contributed by atoms with Gasteiger partial charge in [0.25, 0.3) is 0 Å². The summed E-state index contributed by atoms with van der Waals surface area (Å²) in [5.74, 6) is -0.128. The van der Waals surface area contributed by atoms with Crippen LogP contribution < -0.4 is 0 Å². The minimum Gasteiger partial charge on any atom is -0.469 e. The van der Waals surface area contributed by atoms with Gasteiger partial charge < -0.3 is 9.84 Å². The fourth-order valence-electron chi connectivity index (χ4n) is 1.37. The van der Waals surface area contributed by atoms with Gasteiger partial charge in [0.15, 0.2) is 0 Å². The minimum absolute atomic E-state index is 0.128. The first-order chi connectivity index (χ1) is 7.20. The van der Waals surface area contributed by atoms with Gasteiger partial charge in [0.05, 0.1) is 13.2 Å². The molecule has 1 atom stereocenters. The fourth-order valence-corrected chi connectivity index (χ4v) is 1.37. The molecule has 0 aromatic carbocycles. The number of carbonyl (C=O) groups is 1. The maximum absolute atomic E-state index is 10.8. The Morgan fingerprint density at radius 2 is 1.93 bits per heavy atom. The van der Waals surface area contributed by atoms with E-state index in [1.54, 1.807) is 6.08 Å². The fraction of sp³-hybridized carbons (Fsp3) is 0.750. The van der Waals surface area contributed by atoms with Gasteiger partial charge in [-0.2, -0.15) is 0 Å². The van der Waals surface area contributed by atoms with Crippen molar-refractivity contribution in [3.05, 3.63) is 12.7 Å². The SMILES string of the molecule is C=C[C@@H](O)CCCCCCCC(=O)OC. The smallest absolute Gasteiger partial charge is 0.305 e. The summed E-state index contributed by atoms with van der Waals surface area (Å²) in [6.07, 6.45) is 7.71. The van der Waals surface area contributed by atoms with Crippen molar-refractivity contribution in [1.82, 2.24) is 0 Å². The van der Waals surface area contributed by atoms with Crippen LogP contribution >= 0.6 is 0 Å². The molecular weight excluding hydrogens is 192 g/mol. The van der Waals surface area contributed by atoms with E-state index in [0.717, 1.165) is 38.5 Å². The van der Waals surface area contributed by atoms with Crippen LogP contribution in [0.15, 0.2) is 12.7 Å². The van der Waals surface area contributed by atoms with Crippen LogP contribution in [0.1, 0.15) is 44.9 Å². The number of methoxy groups -OCH3 is 1. The molecule has 0 aliphatic rings. The number of carbonyl (C=O) groups excluding carboxylic acids is 1. The van der Waals surface area contributed by atoms with E-state index in [1.807, 2.05) is 0 Å². The van der Waals surface area contributed by atoms with Crippen molar-refractivity contribution in [2.75, 3.05) is 7.11 Å². The molecule has 0 saturated carbocycles. The van der Waals surface area contributed by atoms with Crippen molar-refractivity contribution in [1.29, 1.82) is 0 Å². The molecule has 0 rings (SSSR count). The average molecular weight is 214 g/mol. The van der Waals surface area contributed by atoms with Gasteiger partial charge in [-0.05, 0) is 12.8 Å². The van der Waals surface area contributed by atoms with Gasteiger partial charge in [-0.25, -0.2) is 0 Å². The third-order valence-corrected chi connectivity index (χ3v) is 2.38. The molecule has 3 nitrogen and oxygen atoms in total. The van der Waals surface area contributed by atoms with E-state index >= 15 is 0 Å². The summed E-state index contributed by atoms with van der Waals surface area (Å²) in [5.41, 5.74) is 0. The topological polar surface area (TPSA) is 46.5 Å². The number of aliphatic hydroxyl groups is 1. The standard InChI is InChI=1S/C12H22O3/c1-3-11(13)9-7-5-4-6-8-10-12(14)15-2/h3,11,13H,1,4-10H2,2H3/t11-/m1/s1. The highest BCUT2D eigenvalue weighted by Gasteiger charge is 2.00. The van der Waals surface area contributed by atoms with Gasteiger partial charge in [0, 0.05) is 6.42 Å². The maximum atomic E-state index is 10.8. The van der Waals surface area contributed by atoms with Crippen molar-refractivity contribution in [2.24, 2.45) is 0 Å². The highest BCUT2D eigenvalue weighted by atomic mass is 16.5. The number of hydrogen-bond acceptors (Lipinski definition) is 3. The molecule has 0 radical (unpaired) electrons. The Balaban J connectivity index is 3.11. The van der Waals surface area contributed by atoms with Gasteiger partial charge in [-0.3, -0.25) is 4.79 Å². The van der Waals surface area contributed by atoms with Crippen molar-refractivity contribution in [3.8, 4) is 0 Å². The van der Waals surface area contributed by atoms with Gasteiger partial charge in [-0.1, -0.05) is 31.8 Å². The van der Waals surface area contributed by atoms with Crippen LogP contribution in [0.25, 0.3) is 0 Å². The number of rotatable bonds is 9. The molecule has 0 aliphatic heterocycles. The molecule has 1 N–H and O–H groups in total. The monoisotopic (exact) mass is 214 g/mol. The lowest BCUT2D eigenvalue weighted by Crippen LogP contribution is -2.01. The number of esters is 1. The zero-order chi connectivity index (χ0) is 11.5. The molecule has 0 fully saturated rings. The summed E-state index contributed by atoms with van der Waals surface area (Å²) in [7, 11) is 1.42. The normalized spacial score (nSPS) is 12.1. The number of unbranched alkanes of at least 4 members (excludes halogenated alkanes) is 4. The molecular formula is C12H22O3. The van der Waals surface area contributed by atoms with E-state index in [2.05, 4.69) is 11.3 Å². The van der Waals surface area contributed by atoms with E-state index in [9.17, 15) is 9.90 Å². The Bertz CT molecular complexity index is 178. The van der Waals surface area contributed by atoms with Crippen molar-refractivity contribution < 1.29 is 14.6 Å². The second kappa shape index (κ2) is 9.71. The number of aliphatic hydroxyl groups excluding tert-OH is 1. The van der Waals surface area contributed by atoms with E-state index in [1.165, 1.54) is 7.11 Å². The molecule has 0 aromatic rings. The van der Waals surface area contributed by atoms with Gasteiger partial charge >= 0.3 is 5.97 Å². The second-order valence-corrected chi connectivity index (χ2v) is 3.69. The molecule has 0 bridgehead atoms. The molecule has 3 heteroatoms. The van der Waals surface area contributed by atoms with Crippen LogP contribution in [-0.4, -0.2) is 24.3 Å². The summed E-state index contributed by atoms with van der Waals surface area (Å²) in [5, 5.41) is 9.19. The number of hydrogen-bond donors (Lipinski definition) is 1. The Labute approximate surface area is 92.1 Å². The van der Waals surface area contributed by atoms with Crippen LogP contribution in [0, 0.1) is 0 Å². The predicted octanol–water partition coefficient (Wildman–Crippen LogP) is 2.44. The highest BCUT2D eigenvalue weighted by molar-refractivity contribution is 5.68. The predicted molar refractivity (Wildman–Crippen MR) is 60.5 cm³/mol. The third kappa shape index (κ3) is 9.47. The Kier molecular flexibility index (Phi) is 9.18. The van der Waals surface area contributed by atoms with Crippen LogP contribution in [0.2, 0.25) is 0 Å². The molecule has 0 saturated heterocycles. The van der Waals surface area contributed by atoms with Gasteiger partial charge in [0.1, 0.15) is 0 Å². The van der Waals surface area contributed by atoms with Crippen molar-refractivity contribution in [2.45, 2.75) is 51.0 Å². The summed E-state index contributed by atoms with van der Waals surface area (Å²) in [6, 6.07) is 0. The first-order valence-corrected chi connectivity index (χ1v) is 5.58. The number of ether oxygens (including phenoxy) is 1. The van der Waals surface area contributed by atoms with Crippen molar-refractivity contribution >= 4 is 5.97 Å². The Hall–Kier alpha value is -0.830. The zero-order valence-electron chi connectivity index (χ0n) is 9.58. The Morgan fingerprint density at radius 3 is 2.53 bits per heavy atom. The summed E-state index contributed by atoms with van der Waals surface area (Å²) < 4.78 is 4.54. The molecule has 0 aliphatic carbocycles. The largest absolute Gasteiger partial charge is 0.469 e. The average Bonchev–Trinajstić information content (AvgIpc) is 2.26. The minimum atomic E-state index is -0.361. The lowest BCUT2D eigenvalue weighted by Gasteiger charge is -2.04. The molecule has 0 spiro atoms. The van der Waals surface area contributed by atoms with Crippen LogP contribution in [0.4, 0.5) is 0 Å². The molecule has 0 heterocycles. The van der Waals surface area contributed by atoms with E-state index in [0.29, 0.717) is 6.42 Å². The zero-order valence-corrected chi connectivity index (χ0v) is 9.58. The first-order valence-electron chi connectivity index (χ1n) is 5.58. The molecule has 15 heavy (non-hydrogen) atoms. The van der Waals surface area contributed by atoms with Crippen LogP contribution in [0.5, 0.6) is 0 Å². The lowest BCUT2D eigenvalue weighted by atomic mass is 10.1. The van der Waals surface area contributed by atoms with E-state index in [-0.39, 0.29) is 12.1 Å². The molecule has 88 valence electrons. The summed E-state index contributed by atoms with van der Waals surface area (Å²) in [4.78, 5) is 10.8. The molecule has 0 amide bonds. The van der Waals surface area contributed by atoms with Crippen molar-refractivity contribution in [3.63, 3.8) is 0 Å². The summed E-state index contributed by atoms with van der Waals surface area (Å²) in [6.45, 7) is 3.52. The van der Waals surface area contributed by atoms with Crippen LogP contribution in [-0.2, 0) is 9.53 Å². The van der Waals surface area contributed by atoms with E-state index in [4.69, 9.17) is 0 Å². The summed E-state index contributed by atoms with van der Waals surface area (Å²) >= 11 is 0. The highest BCUT2D eigenvalue weighted by Crippen LogP contribution is 2.09. The maximum Gasteiger partial charge on any atom is 0.305 e. The Morgan fingerprint density at radius 1 is 1.33 bits per heavy atom. The first kappa shape index (κ1) is 14.2. The van der Waals surface area contributed by atoms with E-state index < -0.39 is 0 Å². The third-order valence-electron chi connectivity index (χ3n) is 2.38. The molecule has 0 aromatic heterocycles. The lowest BCUT2D eigenvalue weighted by molar-refractivity contribution is -0.140. The quantitative estimate of drug-likeness (QED) is 0.364. The van der Waals surface area contributed by atoms with Crippen LogP contribution in [0.3, 0.4) is 0 Å². The van der Waals surface area contributed by atoms with Gasteiger partial charge in [-0.15, -0.1) is 6.58 Å².